The van der Waals surface area contributed by atoms with Crippen molar-refractivity contribution in [2.24, 2.45) is 0 Å². The Kier molecular flexibility index (Phi) is 4.05. The molecule has 2 rings (SSSR count). The van der Waals surface area contributed by atoms with Gasteiger partial charge in [0.1, 0.15) is 0 Å². The first-order valence-corrected chi connectivity index (χ1v) is 6.90. The molecule has 0 aromatic heterocycles. The van der Waals surface area contributed by atoms with Gasteiger partial charge in [-0.05, 0) is 12.1 Å². The summed E-state index contributed by atoms with van der Waals surface area (Å²) >= 11 is 0. The van der Waals surface area contributed by atoms with Crippen LogP contribution in [0.3, 0.4) is 0 Å². The van der Waals surface area contributed by atoms with Crippen LogP contribution in [0, 0.1) is 0 Å². The lowest BCUT2D eigenvalue weighted by Gasteiger charge is -2.25. The van der Waals surface area contributed by atoms with E-state index in [4.69, 9.17) is 13.7 Å². The zero-order valence-electron chi connectivity index (χ0n) is 10.0. The third-order valence-corrected chi connectivity index (χ3v) is 3.94. The summed E-state index contributed by atoms with van der Waals surface area (Å²) in [6.45, 7) is 1.37. The molecule has 0 radical (unpaired) electrons. The molecule has 1 aromatic rings. The molecule has 0 unspecified atom stereocenters. The van der Waals surface area contributed by atoms with E-state index in [0.29, 0.717) is 32.1 Å². The Morgan fingerprint density at radius 3 is 2.39 bits per heavy atom. The summed E-state index contributed by atoms with van der Waals surface area (Å²) in [4.78, 5) is 0. The molecule has 1 aromatic carbocycles. The highest BCUT2D eigenvalue weighted by atomic mass is 32.2. The smallest absolute Gasteiger partial charge is 0.385 e. The van der Waals surface area contributed by atoms with E-state index in [9.17, 15) is 8.42 Å². The highest BCUT2D eigenvalue weighted by molar-refractivity contribution is 7.84. The van der Waals surface area contributed by atoms with Crippen molar-refractivity contribution in [1.29, 1.82) is 0 Å². The van der Waals surface area contributed by atoms with Crippen LogP contribution in [0.15, 0.2) is 24.3 Å². The van der Waals surface area contributed by atoms with Gasteiger partial charge in [0.05, 0.1) is 20.3 Å². The maximum absolute atomic E-state index is 12.0. The van der Waals surface area contributed by atoms with Crippen molar-refractivity contribution in [3.05, 3.63) is 24.3 Å². The second kappa shape index (κ2) is 5.55. The average molecular weight is 273 g/mol. The summed E-state index contributed by atoms with van der Waals surface area (Å²) in [6.07, 6.45) is 0. The van der Waals surface area contributed by atoms with E-state index in [-0.39, 0.29) is 5.75 Å². The summed E-state index contributed by atoms with van der Waals surface area (Å²) < 4.78 is 40.5. The van der Waals surface area contributed by atoms with Gasteiger partial charge in [-0.2, -0.15) is 12.7 Å². The molecule has 18 heavy (non-hydrogen) atoms. The number of hydrogen-bond acceptors (Lipinski definition) is 5. The monoisotopic (exact) mass is 273 g/mol. The van der Waals surface area contributed by atoms with Gasteiger partial charge in [-0.1, -0.05) is 12.1 Å². The molecule has 1 fully saturated rings. The van der Waals surface area contributed by atoms with Crippen LogP contribution in [0.2, 0.25) is 0 Å². The molecule has 1 aliphatic rings. The van der Waals surface area contributed by atoms with Gasteiger partial charge in [0.25, 0.3) is 0 Å². The van der Waals surface area contributed by atoms with Gasteiger partial charge < -0.3 is 13.7 Å². The van der Waals surface area contributed by atoms with Crippen molar-refractivity contribution < 1.29 is 22.1 Å². The molecule has 1 heterocycles. The number of nitrogens with zero attached hydrogens (tertiary/aromatic N) is 1. The molecule has 0 spiro atoms. The number of para-hydroxylation sites is 2. The van der Waals surface area contributed by atoms with Gasteiger partial charge in [-0.15, -0.1) is 0 Å². The molecule has 0 N–H and O–H groups in total. The van der Waals surface area contributed by atoms with Crippen LogP contribution in [0.4, 0.5) is 0 Å². The fourth-order valence-electron chi connectivity index (χ4n) is 1.62. The molecule has 0 amide bonds. The van der Waals surface area contributed by atoms with Crippen LogP contribution >= 0.6 is 0 Å². The second-order valence-electron chi connectivity index (χ2n) is 3.70. The number of morpholine rings is 1. The number of rotatable bonds is 4. The van der Waals surface area contributed by atoms with E-state index >= 15 is 0 Å². The number of benzene rings is 1. The maximum atomic E-state index is 12.0. The van der Waals surface area contributed by atoms with Crippen LogP contribution in [0.25, 0.3) is 0 Å². The molecule has 0 saturated carbocycles. The van der Waals surface area contributed by atoms with Gasteiger partial charge in [0, 0.05) is 13.1 Å². The highest BCUT2D eigenvalue weighted by Crippen LogP contribution is 2.28. The summed E-state index contributed by atoms with van der Waals surface area (Å²) in [5.41, 5.74) is 0. The number of methoxy groups -OCH3 is 1. The second-order valence-corrected chi connectivity index (χ2v) is 5.24. The molecule has 1 saturated heterocycles. The Bertz CT molecular complexity index is 496. The number of hydrogen-bond donors (Lipinski definition) is 0. The average Bonchev–Trinajstić information content (AvgIpc) is 2.40. The SMILES string of the molecule is COc1ccccc1OS(=O)(=O)N1CCOCC1. The van der Waals surface area contributed by atoms with Crippen molar-refractivity contribution in [3.8, 4) is 11.5 Å². The van der Waals surface area contributed by atoms with Gasteiger partial charge >= 0.3 is 10.3 Å². The Morgan fingerprint density at radius 1 is 1.17 bits per heavy atom. The molecule has 7 heteroatoms. The summed E-state index contributed by atoms with van der Waals surface area (Å²) in [5, 5.41) is 0. The number of ether oxygens (including phenoxy) is 2. The predicted molar refractivity (Wildman–Crippen MR) is 64.9 cm³/mol. The minimum absolute atomic E-state index is 0.187. The van der Waals surface area contributed by atoms with Crippen LogP contribution in [0.5, 0.6) is 11.5 Å². The molecular weight excluding hydrogens is 258 g/mol. The first-order valence-electron chi connectivity index (χ1n) is 5.54. The van der Waals surface area contributed by atoms with Gasteiger partial charge in [-0.3, -0.25) is 0 Å². The molecule has 6 nitrogen and oxygen atoms in total. The van der Waals surface area contributed by atoms with E-state index in [1.54, 1.807) is 24.3 Å². The summed E-state index contributed by atoms with van der Waals surface area (Å²) in [7, 11) is -2.33. The lowest BCUT2D eigenvalue weighted by molar-refractivity contribution is 0.0698. The van der Waals surface area contributed by atoms with E-state index in [2.05, 4.69) is 0 Å². The summed E-state index contributed by atoms with van der Waals surface area (Å²) in [6, 6.07) is 6.63. The molecule has 1 aliphatic heterocycles. The minimum atomic E-state index is -3.80. The fourth-order valence-corrected chi connectivity index (χ4v) is 2.69. The van der Waals surface area contributed by atoms with Crippen LogP contribution < -0.4 is 8.92 Å². The quantitative estimate of drug-likeness (QED) is 0.806. The normalized spacial score (nSPS) is 17.4. The Labute approximate surface area is 106 Å². The molecule has 100 valence electrons. The van der Waals surface area contributed by atoms with Crippen molar-refractivity contribution in [2.75, 3.05) is 33.4 Å². The lowest BCUT2D eigenvalue weighted by Crippen LogP contribution is -2.42. The third-order valence-electron chi connectivity index (χ3n) is 2.55. The van der Waals surface area contributed by atoms with Crippen molar-refractivity contribution in [3.63, 3.8) is 0 Å². The Hall–Kier alpha value is -1.31. The highest BCUT2D eigenvalue weighted by Gasteiger charge is 2.27. The topological polar surface area (TPSA) is 65.1 Å². The van der Waals surface area contributed by atoms with Crippen LogP contribution in [-0.2, 0) is 15.0 Å². The van der Waals surface area contributed by atoms with Crippen LogP contribution in [-0.4, -0.2) is 46.1 Å². The zero-order valence-corrected chi connectivity index (χ0v) is 10.9. The molecular formula is C11H15NO5S. The molecule has 0 bridgehead atoms. The van der Waals surface area contributed by atoms with Gasteiger partial charge in [-0.25, -0.2) is 0 Å². The molecule has 0 atom stereocenters. The van der Waals surface area contributed by atoms with E-state index in [0.717, 1.165) is 0 Å². The predicted octanol–water partition coefficient (Wildman–Crippen LogP) is 0.651. The standard InChI is InChI=1S/C11H15NO5S/c1-15-10-4-2-3-5-11(10)17-18(13,14)12-6-8-16-9-7-12/h2-5H,6-9H2,1H3. The lowest BCUT2D eigenvalue weighted by atomic mass is 10.3. The minimum Gasteiger partial charge on any atom is -0.493 e. The van der Waals surface area contributed by atoms with Gasteiger partial charge in [0.15, 0.2) is 11.5 Å². The third kappa shape index (κ3) is 2.92. The van der Waals surface area contributed by atoms with Crippen molar-refractivity contribution in [1.82, 2.24) is 4.31 Å². The zero-order chi connectivity index (χ0) is 13.0. The van der Waals surface area contributed by atoms with Crippen molar-refractivity contribution in [2.45, 2.75) is 0 Å². The van der Waals surface area contributed by atoms with Gasteiger partial charge in [0.2, 0.25) is 0 Å². The molecule has 0 aliphatic carbocycles. The summed E-state index contributed by atoms with van der Waals surface area (Å²) in [5.74, 6) is 0.570. The van der Waals surface area contributed by atoms with E-state index in [1.807, 2.05) is 0 Å². The van der Waals surface area contributed by atoms with E-state index in [1.165, 1.54) is 11.4 Å². The first kappa shape index (κ1) is 13.1. The maximum Gasteiger partial charge on any atom is 0.385 e. The Morgan fingerprint density at radius 2 is 1.78 bits per heavy atom. The van der Waals surface area contributed by atoms with Crippen molar-refractivity contribution >= 4 is 10.3 Å². The van der Waals surface area contributed by atoms with Crippen LogP contribution in [0.1, 0.15) is 0 Å². The Balaban J connectivity index is 2.16. The fraction of sp³-hybridized carbons (Fsp3) is 0.455. The van der Waals surface area contributed by atoms with E-state index < -0.39 is 10.3 Å². The first-order chi connectivity index (χ1) is 8.63. The largest absolute Gasteiger partial charge is 0.493 e.